The summed E-state index contributed by atoms with van der Waals surface area (Å²) >= 11 is 0. The van der Waals surface area contributed by atoms with Gasteiger partial charge in [-0.25, -0.2) is 0 Å². The highest BCUT2D eigenvalue weighted by molar-refractivity contribution is 5.66. The van der Waals surface area contributed by atoms with Crippen LogP contribution in [-0.4, -0.2) is 22.8 Å². The predicted octanol–water partition coefficient (Wildman–Crippen LogP) is 4.14. The monoisotopic (exact) mass is 357 g/mol. The standard InChI is InChI=1S/C22H31NO3/c1-14(24)26-16-6-9-20(2)15(12-16)4-5-17-18(20)7-10-21(3)19(17)8-11-22(21,25)13-23/h4,16-19,25H,5-12H2,1-3H3/t16-,17+,18-,19+,20-,21-,22-/m0/s1. The molecule has 0 aromatic carbocycles. The molecule has 0 aliphatic heterocycles. The van der Waals surface area contributed by atoms with Gasteiger partial charge in [0.15, 0.2) is 5.60 Å². The maximum Gasteiger partial charge on any atom is 0.302 e. The minimum Gasteiger partial charge on any atom is -0.462 e. The number of allylic oxidation sites excluding steroid dienone is 1. The van der Waals surface area contributed by atoms with Crippen LogP contribution >= 0.6 is 0 Å². The molecule has 3 fully saturated rings. The van der Waals surface area contributed by atoms with Crippen molar-refractivity contribution in [1.29, 1.82) is 5.26 Å². The Labute approximate surface area is 156 Å². The number of nitrogens with zero attached hydrogens (tertiary/aromatic N) is 1. The van der Waals surface area contributed by atoms with Gasteiger partial charge in [0.25, 0.3) is 0 Å². The van der Waals surface area contributed by atoms with Gasteiger partial charge in [0, 0.05) is 18.8 Å². The third kappa shape index (κ3) is 2.32. The molecular weight excluding hydrogens is 326 g/mol. The number of fused-ring (bicyclic) bond motifs is 5. The summed E-state index contributed by atoms with van der Waals surface area (Å²) < 4.78 is 5.50. The van der Waals surface area contributed by atoms with Crippen LogP contribution in [0.5, 0.6) is 0 Å². The summed E-state index contributed by atoms with van der Waals surface area (Å²) in [4.78, 5) is 11.3. The quantitative estimate of drug-likeness (QED) is 0.435. The van der Waals surface area contributed by atoms with Crippen molar-refractivity contribution in [2.24, 2.45) is 28.6 Å². The molecule has 0 bridgehead atoms. The number of hydrogen-bond donors (Lipinski definition) is 1. The zero-order chi connectivity index (χ0) is 18.7. The lowest BCUT2D eigenvalue weighted by atomic mass is 9.47. The molecule has 4 nitrogen and oxygen atoms in total. The molecule has 0 radical (unpaired) electrons. The van der Waals surface area contributed by atoms with E-state index in [9.17, 15) is 15.2 Å². The summed E-state index contributed by atoms with van der Waals surface area (Å²) in [5.74, 6) is 1.45. The van der Waals surface area contributed by atoms with Crippen molar-refractivity contribution in [2.75, 3.05) is 0 Å². The van der Waals surface area contributed by atoms with Crippen LogP contribution in [0.1, 0.15) is 72.1 Å². The van der Waals surface area contributed by atoms with Crippen LogP contribution in [0.2, 0.25) is 0 Å². The SMILES string of the molecule is CC(=O)O[C@H]1CC[C@@]2(C)C(=CC[C@H]3[C@H]4CC[C@](O)(C#N)[C@@]4(C)CC[C@@H]32)C1. The van der Waals surface area contributed by atoms with Crippen LogP contribution in [0, 0.1) is 39.9 Å². The normalized spacial score (nSPS) is 49.9. The van der Waals surface area contributed by atoms with E-state index in [2.05, 4.69) is 26.0 Å². The van der Waals surface area contributed by atoms with Crippen LogP contribution in [0.25, 0.3) is 0 Å². The maximum atomic E-state index is 11.3. The van der Waals surface area contributed by atoms with Gasteiger partial charge in [0.1, 0.15) is 6.10 Å². The van der Waals surface area contributed by atoms with Crippen LogP contribution in [0.15, 0.2) is 11.6 Å². The minimum absolute atomic E-state index is 0.0346. The largest absolute Gasteiger partial charge is 0.462 e. The third-order valence-corrected chi connectivity index (χ3v) is 8.73. The second kappa shape index (κ2) is 5.83. The Morgan fingerprint density at radius 3 is 2.65 bits per heavy atom. The molecular formula is C22H31NO3. The van der Waals surface area contributed by atoms with Gasteiger partial charge < -0.3 is 9.84 Å². The van der Waals surface area contributed by atoms with Gasteiger partial charge in [-0.1, -0.05) is 25.5 Å². The number of nitriles is 1. The Balaban J connectivity index is 1.61. The van der Waals surface area contributed by atoms with E-state index in [0.29, 0.717) is 24.2 Å². The molecule has 0 aromatic rings. The van der Waals surface area contributed by atoms with E-state index >= 15 is 0 Å². The van der Waals surface area contributed by atoms with Crippen molar-refractivity contribution < 1.29 is 14.6 Å². The molecule has 4 rings (SSSR count). The van der Waals surface area contributed by atoms with Gasteiger partial charge in [-0.2, -0.15) is 5.26 Å². The average Bonchev–Trinajstić information content (AvgIpc) is 2.87. The molecule has 4 aliphatic carbocycles. The Bertz CT molecular complexity index is 694. The van der Waals surface area contributed by atoms with E-state index in [1.54, 1.807) is 0 Å². The zero-order valence-corrected chi connectivity index (χ0v) is 16.3. The van der Waals surface area contributed by atoms with E-state index in [4.69, 9.17) is 4.74 Å². The summed E-state index contributed by atoms with van der Waals surface area (Å²) in [5, 5.41) is 20.5. The van der Waals surface area contributed by atoms with Gasteiger partial charge in [-0.3, -0.25) is 4.79 Å². The molecule has 0 aromatic heterocycles. The molecule has 3 saturated carbocycles. The fraction of sp³-hybridized carbons (Fsp3) is 0.818. The second-order valence-electron chi connectivity index (χ2n) is 9.70. The zero-order valence-electron chi connectivity index (χ0n) is 16.3. The maximum absolute atomic E-state index is 11.3. The van der Waals surface area contributed by atoms with Gasteiger partial charge in [-0.05, 0) is 68.1 Å². The average molecular weight is 357 g/mol. The summed E-state index contributed by atoms with van der Waals surface area (Å²) in [6.07, 6.45) is 10.0. The predicted molar refractivity (Wildman–Crippen MR) is 97.8 cm³/mol. The van der Waals surface area contributed by atoms with Crippen LogP contribution in [0.4, 0.5) is 0 Å². The Kier molecular flexibility index (Phi) is 4.04. The van der Waals surface area contributed by atoms with Crippen molar-refractivity contribution in [3.63, 3.8) is 0 Å². The molecule has 4 heteroatoms. The minimum atomic E-state index is -1.15. The Hall–Kier alpha value is -1.34. The van der Waals surface area contributed by atoms with Crippen LogP contribution in [0.3, 0.4) is 0 Å². The molecule has 142 valence electrons. The molecule has 0 amide bonds. The first-order chi connectivity index (χ1) is 12.2. The number of aliphatic hydroxyl groups is 1. The fourth-order valence-electron chi connectivity index (χ4n) is 7.16. The van der Waals surface area contributed by atoms with E-state index in [-0.39, 0.29) is 22.9 Å². The molecule has 4 aliphatic rings. The van der Waals surface area contributed by atoms with E-state index in [1.807, 2.05) is 0 Å². The van der Waals surface area contributed by atoms with Gasteiger partial charge in [-0.15, -0.1) is 0 Å². The molecule has 26 heavy (non-hydrogen) atoms. The highest BCUT2D eigenvalue weighted by Gasteiger charge is 2.64. The topological polar surface area (TPSA) is 70.3 Å². The van der Waals surface area contributed by atoms with Gasteiger partial charge in [0.05, 0.1) is 6.07 Å². The van der Waals surface area contributed by atoms with Crippen molar-refractivity contribution in [1.82, 2.24) is 0 Å². The Morgan fingerprint density at radius 1 is 1.23 bits per heavy atom. The summed E-state index contributed by atoms with van der Waals surface area (Å²) in [6.45, 7) is 6.06. The van der Waals surface area contributed by atoms with Gasteiger partial charge in [0.2, 0.25) is 0 Å². The summed E-state index contributed by atoms with van der Waals surface area (Å²) in [7, 11) is 0. The van der Waals surface area contributed by atoms with E-state index < -0.39 is 5.60 Å². The lowest BCUT2D eigenvalue weighted by Gasteiger charge is -2.58. The van der Waals surface area contributed by atoms with Crippen LogP contribution in [-0.2, 0) is 9.53 Å². The van der Waals surface area contributed by atoms with Crippen LogP contribution < -0.4 is 0 Å². The first-order valence-electron chi connectivity index (χ1n) is 10.2. The number of carbonyl (C=O) groups excluding carboxylic acids is 1. The smallest absolute Gasteiger partial charge is 0.302 e. The Morgan fingerprint density at radius 2 is 1.96 bits per heavy atom. The number of esters is 1. The van der Waals surface area contributed by atoms with E-state index in [0.717, 1.165) is 44.9 Å². The highest BCUT2D eigenvalue weighted by atomic mass is 16.5. The van der Waals surface area contributed by atoms with E-state index in [1.165, 1.54) is 12.5 Å². The molecule has 0 spiro atoms. The van der Waals surface area contributed by atoms with Crippen molar-refractivity contribution in [3.05, 3.63) is 11.6 Å². The second-order valence-corrected chi connectivity index (χ2v) is 9.70. The summed E-state index contributed by atoms with van der Waals surface area (Å²) in [6, 6.07) is 2.26. The fourth-order valence-corrected chi connectivity index (χ4v) is 7.16. The molecule has 0 heterocycles. The number of rotatable bonds is 1. The summed E-state index contributed by atoms with van der Waals surface area (Å²) in [5.41, 5.74) is 0.252. The molecule has 0 saturated heterocycles. The number of hydrogen-bond acceptors (Lipinski definition) is 4. The van der Waals surface area contributed by atoms with Crippen molar-refractivity contribution in [3.8, 4) is 6.07 Å². The van der Waals surface area contributed by atoms with Crippen molar-refractivity contribution in [2.45, 2.75) is 83.8 Å². The molecule has 1 N–H and O–H groups in total. The number of ether oxygens (including phenoxy) is 1. The first-order valence-corrected chi connectivity index (χ1v) is 10.2. The molecule has 0 unspecified atom stereocenters. The lowest BCUT2D eigenvalue weighted by molar-refractivity contribution is -0.149. The molecule has 7 atom stereocenters. The highest BCUT2D eigenvalue weighted by Crippen LogP contribution is 2.67. The first kappa shape index (κ1) is 18.0. The van der Waals surface area contributed by atoms with Crippen molar-refractivity contribution >= 4 is 5.97 Å². The third-order valence-electron chi connectivity index (χ3n) is 8.73. The van der Waals surface area contributed by atoms with Gasteiger partial charge >= 0.3 is 5.97 Å². The lowest BCUT2D eigenvalue weighted by Crippen LogP contribution is -2.54. The number of carbonyl (C=O) groups is 1.